The van der Waals surface area contributed by atoms with Gasteiger partial charge in [-0.15, -0.1) is 0 Å². The molecule has 0 aromatic heterocycles. The van der Waals surface area contributed by atoms with E-state index in [1.165, 1.54) is 0 Å². The van der Waals surface area contributed by atoms with Gasteiger partial charge in [0.1, 0.15) is 5.92 Å². The highest BCUT2D eigenvalue weighted by atomic mass is 16.2. The monoisotopic (exact) mass is 257 g/mol. The van der Waals surface area contributed by atoms with E-state index in [9.17, 15) is 9.59 Å². The second kappa shape index (κ2) is 5.11. The van der Waals surface area contributed by atoms with Gasteiger partial charge in [0.2, 0.25) is 5.91 Å². The predicted octanol–water partition coefficient (Wildman–Crippen LogP) is 1.62. The Bertz CT molecular complexity index is 575. The molecular formula is C14H15N3O2. The average molecular weight is 257 g/mol. The van der Waals surface area contributed by atoms with E-state index in [2.05, 4.69) is 0 Å². The van der Waals surface area contributed by atoms with Crippen LogP contribution in [0.25, 0.3) is 0 Å². The SMILES string of the molecule is CCC(C#N)C(=O)N1C(=O)CCc2cc(N)ccc21. The standard InChI is InChI=1S/C14H15N3O2/c1-2-9(8-15)14(19)17-12-5-4-11(16)7-10(12)3-6-13(17)18/h4-5,7,9H,2-3,6,16H2,1H3. The van der Waals surface area contributed by atoms with E-state index in [4.69, 9.17) is 11.0 Å². The van der Waals surface area contributed by atoms with Gasteiger partial charge in [0.15, 0.2) is 0 Å². The van der Waals surface area contributed by atoms with Gasteiger partial charge in [-0.1, -0.05) is 6.92 Å². The number of rotatable bonds is 2. The van der Waals surface area contributed by atoms with Gasteiger partial charge < -0.3 is 5.73 Å². The van der Waals surface area contributed by atoms with E-state index >= 15 is 0 Å². The number of benzene rings is 1. The number of nitrogen functional groups attached to an aromatic ring is 1. The zero-order chi connectivity index (χ0) is 14.0. The van der Waals surface area contributed by atoms with Crippen LogP contribution in [0.2, 0.25) is 0 Å². The molecule has 0 fully saturated rings. The van der Waals surface area contributed by atoms with E-state index in [-0.39, 0.29) is 12.3 Å². The van der Waals surface area contributed by atoms with Crippen LogP contribution >= 0.6 is 0 Å². The van der Waals surface area contributed by atoms with E-state index in [1.54, 1.807) is 25.1 Å². The highest BCUT2D eigenvalue weighted by Crippen LogP contribution is 2.30. The summed E-state index contributed by atoms with van der Waals surface area (Å²) >= 11 is 0. The summed E-state index contributed by atoms with van der Waals surface area (Å²) in [5.41, 5.74) is 7.75. The molecule has 1 aliphatic rings. The first kappa shape index (κ1) is 13.1. The van der Waals surface area contributed by atoms with Crippen molar-refractivity contribution in [2.45, 2.75) is 26.2 Å². The van der Waals surface area contributed by atoms with Crippen molar-refractivity contribution in [1.82, 2.24) is 0 Å². The zero-order valence-corrected chi connectivity index (χ0v) is 10.7. The Morgan fingerprint density at radius 1 is 1.53 bits per heavy atom. The molecule has 0 spiro atoms. The maximum absolute atomic E-state index is 12.3. The summed E-state index contributed by atoms with van der Waals surface area (Å²) in [6.07, 6.45) is 1.24. The molecule has 2 N–H and O–H groups in total. The molecule has 0 saturated carbocycles. The Morgan fingerprint density at radius 2 is 2.26 bits per heavy atom. The summed E-state index contributed by atoms with van der Waals surface area (Å²) in [6.45, 7) is 1.75. The first-order valence-electron chi connectivity index (χ1n) is 6.23. The lowest BCUT2D eigenvalue weighted by Gasteiger charge is -2.29. The number of carbonyl (C=O) groups is 2. The number of imide groups is 1. The third kappa shape index (κ3) is 2.29. The number of fused-ring (bicyclic) bond motifs is 1. The van der Waals surface area contributed by atoms with Crippen molar-refractivity contribution >= 4 is 23.2 Å². The Hall–Kier alpha value is -2.35. The average Bonchev–Trinajstić information content (AvgIpc) is 2.40. The third-order valence-corrected chi connectivity index (χ3v) is 3.28. The molecule has 0 saturated heterocycles. The van der Waals surface area contributed by atoms with Crippen LogP contribution in [0.4, 0.5) is 11.4 Å². The van der Waals surface area contributed by atoms with E-state index < -0.39 is 11.8 Å². The largest absolute Gasteiger partial charge is 0.399 e. The smallest absolute Gasteiger partial charge is 0.251 e. The first-order valence-corrected chi connectivity index (χ1v) is 6.23. The molecule has 1 aliphatic heterocycles. The Labute approximate surface area is 111 Å². The molecule has 1 aromatic carbocycles. The molecule has 0 radical (unpaired) electrons. The highest BCUT2D eigenvalue weighted by Gasteiger charge is 2.33. The molecule has 1 unspecified atom stereocenters. The van der Waals surface area contributed by atoms with Gasteiger partial charge in [-0.2, -0.15) is 5.26 Å². The summed E-state index contributed by atoms with van der Waals surface area (Å²) in [6, 6.07) is 7.04. The fourth-order valence-electron chi connectivity index (χ4n) is 2.23. The van der Waals surface area contributed by atoms with Gasteiger partial charge in [-0.3, -0.25) is 9.59 Å². The van der Waals surface area contributed by atoms with Gasteiger partial charge in [0, 0.05) is 12.1 Å². The minimum Gasteiger partial charge on any atom is -0.399 e. The molecule has 5 nitrogen and oxygen atoms in total. The number of carbonyl (C=O) groups excluding carboxylic acids is 2. The third-order valence-electron chi connectivity index (χ3n) is 3.28. The molecule has 1 atom stereocenters. The summed E-state index contributed by atoms with van der Waals surface area (Å²) in [5.74, 6) is -1.48. The number of anilines is 2. The van der Waals surface area contributed by atoms with Crippen LogP contribution in [0.1, 0.15) is 25.3 Å². The van der Waals surface area contributed by atoms with Crippen molar-refractivity contribution in [3.8, 4) is 6.07 Å². The lowest BCUT2D eigenvalue weighted by molar-refractivity contribution is -0.128. The number of amides is 2. The van der Waals surface area contributed by atoms with Crippen LogP contribution in [0, 0.1) is 17.2 Å². The van der Waals surface area contributed by atoms with Crippen LogP contribution in [-0.2, 0) is 16.0 Å². The van der Waals surface area contributed by atoms with E-state index in [1.807, 2.05) is 6.07 Å². The summed E-state index contributed by atoms with van der Waals surface area (Å²) in [7, 11) is 0. The molecule has 2 amide bonds. The second-order valence-corrected chi connectivity index (χ2v) is 4.55. The summed E-state index contributed by atoms with van der Waals surface area (Å²) in [5, 5.41) is 8.98. The molecule has 19 heavy (non-hydrogen) atoms. The van der Waals surface area contributed by atoms with E-state index in [0.717, 1.165) is 10.5 Å². The normalized spacial score (nSPS) is 15.6. The zero-order valence-electron chi connectivity index (χ0n) is 10.7. The topological polar surface area (TPSA) is 87.2 Å². The van der Waals surface area contributed by atoms with E-state index in [0.29, 0.717) is 24.2 Å². The van der Waals surface area contributed by atoms with Crippen LogP contribution in [0.15, 0.2) is 18.2 Å². The Morgan fingerprint density at radius 3 is 2.89 bits per heavy atom. The second-order valence-electron chi connectivity index (χ2n) is 4.55. The predicted molar refractivity (Wildman–Crippen MR) is 71.1 cm³/mol. The lowest BCUT2D eigenvalue weighted by atomic mass is 9.98. The van der Waals surface area contributed by atoms with Crippen molar-refractivity contribution in [1.29, 1.82) is 5.26 Å². The van der Waals surface area contributed by atoms with Gasteiger partial charge in [0.05, 0.1) is 11.8 Å². The first-order chi connectivity index (χ1) is 9.08. The highest BCUT2D eigenvalue weighted by molar-refractivity contribution is 6.17. The van der Waals surface area contributed by atoms with Crippen molar-refractivity contribution in [2.24, 2.45) is 5.92 Å². The quantitative estimate of drug-likeness (QED) is 0.815. The number of nitrogens with two attached hydrogens (primary N) is 1. The number of nitrogens with zero attached hydrogens (tertiary/aromatic N) is 2. The van der Waals surface area contributed by atoms with Crippen LogP contribution in [0.3, 0.4) is 0 Å². The minimum atomic E-state index is -0.785. The van der Waals surface area contributed by atoms with Crippen molar-refractivity contribution in [3.05, 3.63) is 23.8 Å². The molecule has 1 heterocycles. The number of hydrogen-bond acceptors (Lipinski definition) is 4. The molecule has 0 bridgehead atoms. The Balaban J connectivity index is 2.44. The minimum absolute atomic E-state index is 0.254. The number of hydrogen-bond donors (Lipinski definition) is 1. The molecule has 98 valence electrons. The van der Waals surface area contributed by atoms with Crippen LogP contribution in [-0.4, -0.2) is 11.8 Å². The number of nitriles is 1. The maximum Gasteiger partial charge on any atom is 0.251 e. The molecular weight excluding hydrogens is 242 g/mol. The fourth-order valence-corrected chi connectivity index (χ4v) is 2.23. The van der Waals surface area contributed by atoms with Gasteiger partial charge in [-0.05, 0) is 36.6 Å². The van der Waals surface area contributed by atoms with Crippen molar-refractivity contribution < 1.29 is 9.59 Å². The molecule has 2 rings (SSSR count). The molecule has 0 aliphatic carbocycles. The maximum atomic E-state index is 12.3. The van der Waals surface area contributed by atoms with Crippen molar-refractivity contribution in [3.63, 3.8) is 0 Å². The van der Waals surface area contributed by atoms with Gasteiger partial charge >= 0.3 is 0 Å². The molecule has 1 aromatic rings. The fraction of sp³-hybridized carbons (Fsp3) is 0.357. The van der Waals surface area contributed by atoms with Gasteiger partial charge in [-0.25, -0.2) is 4.90 Å². The number of aryl methyl sites for hydroxylation is 1. The van der Waals surface area contributed by atoms with Crippen molar-refractivity contribution in [2.75, 3.05) is 10.6 Å². The van der Waals surface area contributed by atoms with Crippen LogP contribution in [0.5, 0.6) is 0 Å². The summed E-state index contributed by atoms with van der Waals surface area (Å²) in [4.78, 5) is 25.4. The Kier molecular flexibility index (Phi) is 3.52. The van der Waals surface area contributed by atoms with Gasteiger partial charge in [0.25, 0.3) is 5.91 Å². The summed E-state index contributed by atoms with van der Waals surface area (Å²) < 4.78 is 0. The lowest BCUT2D eigenvalue weighted by Crippen LogP contribution is -2.43. The molecule has 5 heteroatoms. The van der Waals surface area contributed by atoms with Crippen LogP contribution < -0.4 is 10.6 Å².